The van der Waals surface area contributed by atoms with Crippen molar-refractivity contribution < 1.29 is 9.53 Å². The fraction of sp³-hybridized carbons (Fsp3) is 0.278. The Morgan fingerprint density at radius 1 is 1.22 bits per heavy atom. The lowest BCUT2D eigenvalue weighted by Crippen LogP contribution is -2.32. The largest absolute Gasteiger partial charge is 0.489 e. The number of carbonyl (C=O) groups is 1. The van der Waals surface area contributed by atoms with Crippen molar-refractivity contribution in [1.29, 1.82) is 0 Å². The van der Waals surface area contributed by atoms with Gasteiger partial charge in [0.1, 0.15) is 12.4 Å². The van der Waals surface area contributed by atoms with Gasteiger partial charge in [0.05, 0.1) is 0 Å². The Bertz CT molecular complexity index is 661. The highest BCUT2D eigenvalue weighted by atomic mass is 79.9. The van der Waals surface area contributed by atoms with E-state index in [1.165, 1.54) is 0 Å². The van der Waals surface area contributed by atoms with Gasteiger partial charge >= 0.3 is 0 Å². The normalized spacial score (nSPS) is 10.4. The van der Waals surface area contributed by atoms with Crippen LogP contribution >= 0.6 is 15.9 Å². The first-order chi connectivity index (χ1) is 11.1. The van der Waals surface area contributed by atoms with Gasteiger partial charge < -0.3 is 15.0 Å². The van der Waals surface area contributed by atoms with Crippen LogP contribution in [0.3, 0.4) is 0 Å². The number of hydrogen-bond donors (Lipinski definition) is 1. The Morgan fingerprint density at radius 3 is 2.74 bits per heavy atom. The molecule has 4 nitrogen and oxygen atoms in total. The van der Waals surface area contributed by atoms with E-state index in [1.807, 2.05) is 49.5 Å². The summed E-state index contributed by atoms with van der Waals surface area (Å²) in [5, 5.41) is 3.04. The van der Waals surface area contributed by atoms with Crippen LogP contribution < -0.4 is 10.1 Å². The molecule has 0 bridgehead atoms. The van der Waals surface area contributed by atoms with Crippen molar-refractivity contribution in [3.8, 4) is 5.75 Å². The van der Waals surface area contributed by atoms with Gasteiger partial charge in [-0.2, -0.15) is 0 Å². The summed E-state index contributed by atoms with van der Waals surface area (Å²) in [4.78, 5) is 14.1. The predicted octanol–water partition coefficient (Wildman–Crippen LogP) is 3.32. The molecule has 0 spiro atoms. The van der Waals surface area contributed by atoms with Gasteiger partial charge in [-0.3, -0.25) is 4.79 Å². The van der Waals surface area contributed by atoms with Gasteiger partial charge in [0, 0.05) is 35.7 Å². The van der Waals surface area contributed by atoms with Crippen LogP contribution in [0, 0.1) is 0 Å². The Kier molecular flexibility index (Phi) is 6.62. The molecule has 0 saturated carbocycles. The molecule has 2 aromatic rings. The van der Waals surface area contributed by atoms with Crippen LogP contribution in [0.25, 0.3) is 0 Å². The molecular formula is C18H21BrN2O2. The first-order valence-corrected chi connectivity index (χ1v) is 8.27. The van der Waals surface area contributed by atoms with Gasteiger partial charge in [-0.25, -0.2) is 0 Å². The number of hydrogen-bond acceptors (Lipinski definition) is 3. The maximum Gasteiger partial charge on any atom is 0.253 e. The SMILES string of the molecule is CNCCN(C)C(=O)c1cccc(OCc2ccccc2Br)c1. The third kappa shape index (κ3) is 5.08. The molecule has 0 aromatic heterocycles. The molecular weight excluding hydrogens is 356 g/mol. The highest BCUT2D eigenvalue weighted by Gasteiger charge is 2.12. The van der Waals surface area contributed by atoms with E-state index in [0.717, 1.165) is 16.6 Å². The first-order valence-electron chi connectivity index (χ1n) is 7.48. The smallest absolute Gasteiger partial charge is 0.253 e. The fourth-order valence-corrected chi connectivity index (χ4v) is 2.50. The predicted molar refractivity (Wildman–Crippen MR) is 95.8 cm³/mol. The van der Waals surface area contributed by atoms with Crippen LogP contribution in [-0.4, -0.2) is 38.0 Å². The van der Waals surface area contributed by atoms with Gasteiger partial charge in [0.2, 0.25) is 0 Å². The minimum Gasteiger partial charge on any atom is -0.489 e. The van der Waals surface area contributed by atoms with Crippen LogP contribution in [-0.2, 0) is 6.61 Å². The zero-order valence-corrected chi connectivity index (χ0v) is 15.0. The quantitative estimate of drug-likeness (QED) is 0.805. The second kappa shape index (κ2) is 8.70. The Balaban J connectivity index is 2.02. The molecule has 1 amide bonds. The van der Waals surface area contributed by atoms with Crippen LogP contribution in [0.15, 0.2) is 53.0 Å². The molecule has 2 rings (SSSR count). The summed E-state index contributed by atoms with van der Waals surface area (Å²) in [5.41, 5.74) is 1.70. The lowest BCUT2D eigenvalue weighted by molar-refractivity contribution is 0.0796. The monoisotopic (exact) mass is 376 g/mol. The zero-order chi connectivity index (χ0) is 16.7. The summed E-state index contributed by atoms with van der Waals surface area (Å²) in [6, 6.07) is 15.2. The van der Waals surface area contributed by atoms with Crippen LogP contribution in [0.2, 0.25) is 0 Å². The van der Waals surface area contributed by atoms with E-state index >= 15 is 0 Å². The van der Waals surface area contributed by atoms with Gasteiger partial charge in [0.15, 0.2) is 0 Å². The number of ether oxygens (including phenoxy) is 1. The molecule has 0 fully saturated rings. The van der Waals surface area contributed by atoms with Crippen molar-refractivity contribution in [3.63, 3.8) is 0 Å². The molecule has 23 heavy (non-hydrogen) atoms. The third-order valence-electron chi connectivity index (χ3n) is 3.48. The molecule has 2 aromatic carbocycles. The molecule has 0 atom stereocenters. The molecule has 122 valence electrons. The number of likely N-dealkylation sites (N-methyl/N-ethyl adjacent to an activating group) is 2. The van der Waals surface area contributed by atoms with Crippen molar-refractivity contribution in [3.05, 3.63) is 64.1 Å². The molecule has 0 aliphatic heterocycles. The fourth-order valence-electron chi connectivity index (χ4n) is 2.10. The highest BCUT2D eigenvalue weighted by Crippen LogP contribution is 2.20. The summed E-state index contributed by atoms with van der Waals surface area (Å²) in [6.45, 7) is 1.88. The summed E-state index contributed by atoms with van der Waals surface area (Å²) >= 11 is 3.50. The number of carbonyl (C=O) groups excluding carboxylic acids is 1. The molecule has 0 unspecified atom stereocenters. The average molecular weight is 377 g/mol. The van der Waals surface area contributed by atoms with Gasteiger partial charge in [-0.05, 0) is 31.3 Å². The summed E-state index contributed by atoms with van der Waals surface area (Å²) in [5.74, 6) is 0.681. The molecule has 0 aliphatic rings. The number of nitrogens with zero attached hydrogens (tertiary/aromatic N) is 1. The van der Waals surface area contributed by atoms with E-state index in [9.17, 15) is 4.79 Å². The standard InChI is InChI=1S/C18H21BrN2O2/c1-20-10-11-21(2)18(22)14-7-5-8-16(12-14)23-13-15-6-3-4-9-17(15)19/h3-9,12,20H,10-11,13H2,1-2H3. The molecule has 0 aliphatic carbocycles. The summed E-state index contributed by atoms with van der Waals surface area (Å²) in [7, 11) is 3.67. The van der Waals surface area contributed by atoms with Crippen molar-refractivity contribution in [2.75, 3.05) is 27.2 Å². The zero-order valence-electron chi connectivity index (χ0n) is 13.4. The van der Waals surface area contributed by atoms with E-state index in [-0.39, 0.29) is 5.91 Å². The topological polar surface area (TPSA) is 41.6 Å². The van der Waals surface area contributed by atoms with E-state index in [0.29, 0.717) is 24.5 Å². The Labute approximate surface area is 145 Å². The summed E-state index contributed by atoms with van der Waals surface area (Å²) < 4.78 is 6.82. The average Bonchev–Trinajstić information content (AvgIpc) is 2.58. The maximum atomic E-state index is 12.4. The van der Waals surface area contributed by atoms with Gasteiger partial charge in [0.25, 0.3) is 5.91 Å². The second-order valence-electron chi connectivity index (χ2n) is 5.24. The molecule has 0 heterocycles. The van der Waals surface area contributed by atoms with Crippen molar-refractivity contribution in [2.45, 2.75) is 6.61 Å². The van der Waals surface area contributed by atoms with E-state index in [1.54, 1.807) is 18.0 Å². The van der Waals surface area contributed by atoms with Crippen molar-refractivity contribution in [2.24, 2.45) is 0 Å². The lowest BCUT2D eigenvalue weighted by atomic mass is 10.2. The number of benzene rings is 2. The highest BCUT2D eigenvalue weighted by molar-refractivity contribution is 9.10. The third-order valence-corrected chi connectivity index (χ3v) is 4.25. The molecule has 1 N–H and O–H groups in total. The van der Waals surface area contributed by atoms with Crippen LogP contribution in [0.5, 0.6) is 5.75 Å². The number of halogens is 1. The first kappa shape index (κ1) is 17.5. The van der Waals surface area contributed by atoms with Crippen molar-refractivity contribution >= 4 is 21.8 Å². The number of amides is 1. The van der Waals surface area contributed by atoms with Gasteiger partial charge in [-0.1, -0.05) is 40.2 Å². The van der Waals surface area contributed by atoms with Crippen LogP contribution in [0.4, 0.5) is 0 Å². The molecule has 0 saturated heterocycles. The Hall–Kier alpha value is -1.85. The van der Waals surface area contributed by atoms with Crippen molar-refractivity contribution in [1.82, 2.24) is 10.2 Å². The number of rotatable bonds is 7. The van der Waals surface area contributed by atoms with E-state index < -0.39 is 0 Å². The van der Waals surface area contributed by atoms with E-state index in [4.69, 9.17) is 4.74 Å². The Morgan fingerprint density at radius 2 is 2.00 bits per heavy atom. The van der Waals surface area contributed by atoms with Crippen LogP contribution in [0.1, 0.15) is 15.9 Å². The van der Waals surface area contributed by atoms with Gasteiger partial charge in [-0.15, -0.1) is 0 Å². The minimum absolute atomic E-state index is 0.00779. The lowest BCUT2D eigenvalue weighted by Gasteiger charge is -2.17. The maximum absolute atomic E-state index is 12.4. The second-order valence-corrected chi connectivity index (χ2v) is 6.09. The minimum atomic E-state index is -0.00779. The summed E-state index contributed by atoms with van der Waals surface area (Å²) in [6.07, 6.45) is 0. The molecule has 0 radical (unpaired) electrons. The number of nitrogens with one attached hydrogen (secondary N) is 1. The van der Waals surface area contributed by atoms with E-state index in [2.05, 4.69) is 21.2 Å². The molecule has 5 heteroatoms.